The van der Waals surface area contributed by atoms with Crippen molar-refractivity contribution in [2.45, 2.75) is 62.9 Å². The van der Waals surface area contributed by atoms with Crippen molar-refractivity contribution in [1.29, 1.82) is 0 Å². The van der Waals surface area contributed by atoms with Crippen LogP contribution in [0.2, 0.25) is 0 Å². The number of hydrogen-bond acceptors (Lipinski definition) is 4. The van der Waals surface area contributed by atoms with Crippen molar-refractivity contribution < 1.29 is 24.2 Å². The van der Waals surface area contributed by atoms with E-state index in [1.807, 2.05) is 24.3 Å². The maximum atomic E-state index is 13.3. The summed E-state index contributed by atoms with van der Waals surface area (Å²) in [5, 5.41) is 15.1. The average Bonchev–Trinajstić information content (AvgIpc) is 3.60. The molecule has 2 aromatic carbocycles. The van der Waals surface area contributed by atoms with Gasteiger partial charge in [0.05, 0.1) is 6.42 Å². The first-order valence-corrected chi connectivity index (χ1v) is 12.5. The number of carboxylic acids is 1. The van der Waals surface area contributed by atoms with Gasteiger partial charge >= 0.3 is 12.1 Å². The van der Waals surface area contributed by atoms with Gasteiger partial charge in [-0.3, -0.25) is 9.59 Å². The molecule has 7 nitrogen and oxygen atoms in total. The molecule has 0 spiro atoms. The van der Waals surface area contributed by atoms with Gasteiger partial charge in [0.15, 0.2) is 0 Å². The van der Waals surface area contributed by atoms with Gasteiger partial charge in [0.25, 0.3) is 0 Å². The van der Waals surface area contributed by atoms with Crippen LogP contribution in [0.25, 0.3) is 11.1 Å². The first-order valence-electron chi connectivity index (χ1n) is 12.5. The van der Waals surface area contributed by atoms with Crippen LogP contribution in [0.3, 0.4) is 0 Å². The molecule has 0 aliphatic heterocycles. The SMILES string of the molecule is CC(NC(=O)OCC1c2ccccc2-c2ccccc21)(C(=O)NC(CC(=O)O)C1CCC1)C1CC1. The molecule has 3 aliphatic carbocycles. The minimum atomic E-state index is -1.14. The monoisotopic (exact) mass is 476 g/mol. The number of amides is 2. The third-order valence-corrected chi connectivity index (χ3v) is 8.00. The number of benzene rings is 2. The van der Waals surface area contributed by atoms with Crippen molar-refractivity contribution in [3.8, 4) is 11.1 Å². The van der Waals surface area contributed by atoms with Crippen LogP contribution in [-0.2, 0) is 14.3 Å². The van der Waals surface area contributed by atoms with Crippen LogP contribution in [0.1, 0.15) is 62.5 Å². The molecule has 2 unspecified atom stereocenters. The molecule has 3 N–H and O–H groups in total. The molecule has 0 saturated heterocycles. The molecule has 2 saturated carbocycles. The van der Waals surface area contributed by atoms with E-state index in [9.17, 15) is 19.5 Å². The van der Waals surface area contributed by atoms with Crippen LogP contribution in [-0.4, -0.2) is 41.3 Å². The van der Waals surface area contributed by atoms with Crippen molar-refractivity contribution in [1.82, 2.24) is 10.6 Å². The molecule has 2 aromatic rings. The largest absolute Gasteiger partial charge is 0.481 e. The molecule has 184 valence electrons. The minimum absolute atomic E-state index is 0.00912. The number of carboxylic acid groups (broad SMARTS) is 1. The number of carbonyl (C=O) groups is 3. The summed E-state index contributed by atoms with van der Waals surface area (Å²) in [7, 11) is 0. The summed E-state index contributed by atoms with van der Waals surface area (Å²) in [4.78, 5) is 37.6. The molecular weight excluding hydrogens is 444 g/mol. The van der Waals surface area contributed by atoms with Crippen molar-refractivity contribution >= 4 is 18.0 Å². The third kappa shape index (κ3) is 4.64. The van der Waals surface area contributed by atoms with Gasteiger partial charge < -0.3 is 20.5 Å². The Morgan fingerprint density at radius 2 is 1.60 bits per heavy atom. The third-order valence-electron chi connectivity index (χ3n) is 8.00. The number of hydrogen-bond donors (Lipinski definition) is 3. The highest BCUT2D eigenvalue weighted by Gasteiger charge is 2.49. The number of fused-ring (bicyclic) bond motifs is 3. The maximum absolute atomic E-state index is 13.3. The average molecular weight is 477 g/mol. The summed E-state index contributed by atoms with van der Waals surface area (Å²) in [6.07, 6.45) is 3.81. The van der Waals surface area contributed by atoms with E-state index in [1.54, 1.807) is 6.92 Å². The molecule has 2 atom stereocenters. The predicted molar refractivity (Wildman–Crippen MR) is 131 cm³/mol. The molecule has 0 radical (unpaired) electrons. The van der Waals surface area contributed by atoms with Gasteiger partial charge in [0.2, 0.25) is 5.91 Å². The molecule has 35 heavy (non-hydrogen) atoms. The van der Waals surface area contributed by atoms with Crippen LogP contribution < -0.4 is 10.6 Å². The van der Waals surface area contributed by atoms with Crippen LogP contribution in [0, 0.1) is 11.8 Å². The van der Waals surface area contributed by atoms with Crippen LogP contribution in [0.15, 0.2) is 48.5 Å². The Kier molecular flexibility index (Phi) is 6.26. The highest BCUT2D eigenvalue weighted by Crippen LogP contribution is 2.45. The second-order valence-electron chi connectivity index (χ2n) is 10.3. The Morgan fingerprint density at radius 1 is 1.00 bits per heavy atom. The van der Waals surface area contributed by atoms with Crippen molar-refractivity contribution in [2.24, 2.45) is 11.8 Å². The van der Waals surface area contributed by atoms with Gasteiger partial charge in [0, 0.05) is 12.0 Å². The van der Waals surface area contributed by atoms with Crippen LogP contribution in [0.4, 0.5) is 4.79 Å². The zero-order chi connectivity index (χ0) is 24.6. The molecule has 0 aromatic heterocycles. The number of ether oxygens (including phenoxy) is 1. The number of rotatable bonds is 9. The summed E-state index contributed by atoms with van der Waals surface area (Å²) >= 11 is 0. The standard InChI is InChI=1S/C28H32N2O5/c1-28(18-13-14-18,26(33)29-24(15-25(31)32)17-7-6-8-17)30-27(34)35-16-23-21-11-4-2-9-19(21)20-10-3-5-12-22(20)23/h2-5,9-12,17-18,23-24H,6-8,13-16H2,1H3,(H,29,33)(H,30,34)(H,31,32). The number of aliphatic carboxylic acids is 1. The van der Waals surface area contributed by atoms with Gasteiger partial charge in [-0.2, -0.15) is 0 Å². The molecule has 0 heterocycles. The minimum Gasteiger partial charge on any atom is -0.481 e. The van der Waals surface area contributed by atoms with Crippen molar-refractivity contribution in [3.63, 3.8) is 0 Å². The molecule has 5 rings (SSSR count). The van der Waals surface area contributed by atoms with E-state index < -0.39 is 23.6 Å². The van der Waals surface area contributed by atoms with E-state index in [4.69, 9.17) is 4.74 Å². The highest BCUT2D eigenvalue weighted by molar-refractivity contribution is 5.91. The predicted octanol–water partition coefficient (Wildman–Crippen LogP) is 4.45. The van der Waals surface area contributed by atoms with E-state index in [2.05, 4.69) is 34.9 Å². The molecule has 0 bridgehead atoms. The lowest BCUT2D eigenvalue weighted by Crippen LogP contribution is -2.61. The summed E-state index contributed by atoms with van der Waals surface area (Å²) < 4.78 is 5.69. The van der Waals surface area contributed by atoms with E-state index in [0.29, 0.717) is 0 Å². The van der Waals surface area contributed by atoms with Gasteiger partial charge in [0.1, 0.15) is 12.1 Å². The van der Waals surface area contributed by atoms with Crippen LogP contribution >= 0.6 is 0 Å². The normalized spacial score (nSPS) is 19.5. The first-order chi connectivity index (χ1) is 16.9. The van der Waals surface area contributed by atoms with Crippen molar-refractivity contribution in [3.05, 3.63) is 59.7 Å². The van der Waals surface area contributed by atoms with E-state index in [1.165, 1.54) is 0 Å². The Balaban J connectivity index is 1.26. The molecule has 2 fully saturated rings. The fraction of sp³-hybridized carbons (Fsp3) is 0.464. The van der Waals surface area contributed by atoms with E-state index in [0.717, 1.165) is 54.4 Å². The summed E-state index contributed by atoms with van der Waals surface area (Å²) in [6, 6.07) is 15.9. The summed E-state index contributed by atoms with van der Waals surface area (Å²) in [6.45, 7) is 1.89. The van der Waals surface area contributed by atoms with E-state index in [-0.39, 0.29) is 36.7 Å². The van der Waals surface area contributed by atoms with E-state index >= 15 is 0 Å². The van der Waals surface area contributed by atoms with Gasteiger partial charge in [-0.15, -0.1) is 0 Å². The lowest BCUT2D eigenvalue weighted by molar-refractivity contribution is -0.138. The Bertz CT molecular complexity index is 1090. The topological polar surface area (TPSA) is 105 Å². The Morgan fingerprint density at radius 3 is 2.11 bits per heavy atom. The fourth-order valence-electron chi connectivity index (χ4n) is 5.54. The fourth-order valence-corrected chi connectivity index (χ4v) is 5.54. The second-order valence-corrected chi connectivity index (χ2v) is 10.3. The number of carbonyl (C=O) groups excluding carboxylic acids is 2. The zero-order valence-corrected chi connectivity index (χ0v) is 20.0. The van der Waals surface area contributed by atoms with Crippen LogP contribution in [0.5, 0.6) is 0 Å². The zero-order valence-electron chi connectivity index (χ0n) is 20.0. The molecule has 2 amide bonds. The lowest BCUT2D eigenvalue weighted by Gasteiger charge is -2.37. The van der Waals surface area contributed by atoms with Gasteiger partial charge in [-0.1, -0.05) is 55.0 Å². The number of nitrogens with one attached hydrogen (secondary N) is 2. The molecular formula is C28H32N2O5. The smallest absolute Gasteiger partial charge is 0.408 e. The van der Waals surface area contributed by atoms with Crippen molar-refractivity contribution in [2.75, 3.05) is 6.61 Å². The Hall–Kier alpha value is -3.35. The molecule has 7 heteroatoms. The highest BCUT2D eigenvalue weighted by atomic mass is 16.5. The Labute approximate surface area is 205 Å². The first kappa shape index (κ1) is 23.4. The quantitative estimate of drug-likeness (QED) is 0.496. The summed E-state index contributed by atoms with van der Waals surface area (Å²) in [5.41, 5.74) is 3.42. The molecule has 3 aliphatic rings. The maximum Gasteiger partial charge on any atom is 0.408 e. The summed E-state index contributed by atoms with van der Waals surface area (Å²) in [5.74, 6) is -1.14. The van der Waals surface area contributed by atoms with Gasteiger partial charge in [-0.25, -0.2) is 4.79 Å². The second kappa shape index (κ2) is 9.36. The van der Waals surface area contributed by atoms with Gasteiger partial charge in [-0.05, 0) is 66.7 Å². The number of alkyl carbamates (subject to hydrolysis) is 1. The lowest BCUT2D eigenvalue weighted by atomic mass is 9.78.